The lowest BCUT2D eigenvalue weighted by Gasteiger charge is -2.36. The molecule has 1 spiro atoms. The van der Waals surface area contributed by atoms with E-state index in [9.17, 15) is 8.42 Å². The zero-order valence-electron chi connectivity index (χ0n) is 13.7. The summed E-state index contributed by atoms with van der Waals surface area (Å²) in [5, 5.41) is 0. The molecule has 1 heterocycles. The molecule has 2 fully saturated rings. The van der Waals surface area contributed by atoms with Crippen LogP contribution >= 0.6 is 0 Å². The molecule has 1 aromatic carbocycles. The Labute approximate surface area is 138 Å². The second kappa shape index (κ2) is 6.51. The Morgan fingerprint density at radius 1 is 1.22 bits per heavy atom. The monoisotopic (exact) mass is 340 g/mol. The summed E-state index contributed by atoms with van der Waals surface area (Å²) in [6, 6.07) is 5.47. The summed E-state index contributed by atoms with van der Waals surface area (Å²) < 4.78 is 41.3. The van der Waals surface area contributed by atoms with Gasteiger partial charge in [0.1, 0.15) is 0 Å². The molecule has 0 radical (unpaired) electrons. The molecule has 23 heavy (non-hydrogen) atoms. The molecule has 128 valence electrons. The molecular weight excluding hydrogens is 316 g/mol. The summed E-state index contributed by atoms with van der Waals surface area (Å²) in [4.78, 5) is 0.305. The molecule has 6 heteroatoms. The van der Waals surface area contributed by atoms with Crippen LogP contribution in [0.5, 0.6) is 0 Å². The molecule has 0 unspecified atom stereocenters. The molecule has 0 N–H and O–H groups in total. The van der Waals surface area contributed by atoms with Crippen LogP contribution in [-0.4, -0.2) is 34.0 Å². The number of benzene rings is 1. The molecule has 5 nitrogen and oxygen atoms in total. The lowest BCUT2D eigenvalue weighted by Crippen LogP contribution is -2.34. The smallest absolute Gasteiger partial charge is 0.297 e. The molecule has 1 aliphatic carbocycles. The van der Waals surface area contributed by atoms with Gasteiger partial charge in [0.05, 0.1) is 24.7 Å². The topological polar surface area (TPSA) is 61.8 Å². The summed E-state index contributed by atoms with van der Waals surface area (Å²) in [5.41, 5.74) is 1.93. The summed E-state index contributed by atoms with van der Waals surface area (Å²) in [5.74, 6) is -0.238. The van der Waals surface area contributed by atoms with Gasteiger partial charge >= 0.3 is 0 Å². The Morgan fingerprint density at radius 3 is 2.48 bits per heavy atom. The summed E-state index contributed by atoms with van der Waals surface area (Å²) in [7, 11) is -3.70. The lowest BCUT2D eigenvalue weighted by atomic mass is 9.80. The highest BCUT2D eigenvalue weighted by molar-refractivity contribution is 7.86. The van der Waals surface area contributed by atoms with Crippen LogP contribution in [0.1, 0.15) is 49.7 Å². The van der Waals surface area contributed by atoms with E-state index in [1.165, 1.54) is 0 Å². The summed E-state index contributed by atoms with van der Waals surface area (Å²) in [6.45, 7) is 5.11. The van der Waals surface area contributed by atoms with E-state index in [0.29, 0.717) is 18.1 Å². The molecule has 1 saturated heterocycles. The van der Waals surface area contributed by atoms with Crippen molar-refractivity contribution in [2.24, 2.45) is 0 Å². The van der Waals surface area contributed by atoms with Gasteiger partial charge in [-0.3, -0.25) is 4.18 Å². The minimum absolute atomic E-state index is 0.144. The van der Waals surface area contributed by atoms with Crippen molar-refractivity contribution in [2.75, 3.05) is 19.8 Å². The molecule has 2 aliphatic rings. The fourth-order valence-electron chi connectivity index (χ4n) is 3.59. The summed E-state index contributed by atoms with van der Waals surface area (Å²) in [6.07, 6.45) is 3.33. The largest absolute Gasteiger partial charge is 0.348 e. The SMILES string of the molecule is CCOS(=O)(=O)c1ccc(C)cc1C1CCC2(CC1)OCCO2. The van der Waals surface area contributed by atoms with Gasteiger partial charge in [-0.2, -0.15) is 8.42 Å². The van der Waals surface area contributed by atoms with Crippen molar-refractivity contribution in [1.82, 2.24) is 0 Å². The van der Waals surface area contributed by atoms with Crippen LogP contribution in [-0.2, 0) is 23.8 Å². The van der Waals surface area contributed by atoms with Crippen LogP contribution in [0.25, 0.3) is 0 Å². The van der Waals surface area contributed by atoms with Crippen LogP contribution in [0.15, 0.2) is 23.1 Å². The van der Waals surface area contributed by atoms with Crippen molar-refractivity contribution in [3.8, 4) is 0 Å². The van der Waals surface area contributed by atoms with E-state index in [1.54, 1.807) is 13.0 Å². The molecule has 0 atom stereocenters. The molecule has 1 aromatic rings. The van der Waals surface area contributed by atoms with Crippen LogP contribution < -0.4 is 0 Å². The zero-order valence-corrected chi connectivity index (χ0v) is 14.5. The molecule has 0 bridgehead atoms. The van der Waals surface area contributed by atoms with Gasteiger partial charge in [-0.15, -0.1) is 0 Å². The zero-order chi connectivity index (χ0) is 16.5. The first kappa shape index (κ1) is 16.9. The highest BCUT2D eigenvalue weighted by atomic mass is 32.2. The number of rotatable bonds is 4. The number of hydrogen-bond donors (Lipinski definition) is 0. The molecule has 0 aromatic heterocycles. The van der Waals surface area contributed by atoms with E-state index in [2.05, 4.69) is 0 Å². The van der Waals surface area contributed by atoms with Crippen molar-refractivity contribution in [3.63, 3.8) is 0 Å². The maximum atomic E-state index is 12.4. The van der Waals surface area contributed by atoms with Crippen molar-refractivity contribution in [2.45, 2.75) is 56.1 Å². The Balaban J connectivity index is 1.86. The second-order valence-corrected chi connectivity index (χ2v) is 7.87. The predicted octanol–water partition coefficient (Wildman–Crippen LogP) is 3.12. The first-order valence-electron chi connectivity index (χ1n) is 8.24. The first-order valence-corrected chi connectivity index (χ1v) is 9.64. The van der Waals surface area contributed by atoms with E-state index in [1.807, 2.05) is 19.1 Å². The van der Waals surface area contributed by atoms with Crippen molar-refractivity contribution in [1.29, 1.82) is 0 Å². The van der Waals surface area contributed by atoms with Gasteiger partial charge in [0, 0.05) is 12.8 Å². The average Bonchev–Trinajstić information content (AvgIpc) is 2.96. The maximum absolute atomic E-state index is 12.4. The van der Waals surface area contributed by atoms with Crippen molar-refractivity contribution >= 4 is 10.1 Å². The highest BCUT2D eigenvalue weighted by Gasteiger charge is 2.41. The fraction of sp³-hybridized carbons (Fsp3) is 0.647. The van der Waals surface area contributed by atoms with Gasteiger partial charge in [0.25, 0.3) is 10.1 Å². The minimum atomic E-state index is -3.70. The van der Waals surface area contributed by atoms with Gasteiger partial charge < -0.3 is 9.47 Å². The Morgan fingerprint density at radius 2 is 1.87 bits per heavy atom. The summed E-state index contributed by atoms with van der Waals surface area (Å²) >= 11 is 0. The van der Waals surface area contributed by atoms with Crippen LogP contribution in [0, 0.1) is 6.92 Å². The van der Waals surface area contributed by atoms with Crippen molar-refractivity contribution < 1.29 is 22.1 Å². The number of hydrogen-bond acceptors (Lipinski definition) is 5. The van der Waals surface area contributed by atoms with Crippen LogP contribution in [0.3, 0.4) is 0 Å². The van der Waals surface area contributed by atoms with Crippen LogP contribution in [0.2, 0.25) is 0 Å². The third-order valence-electron chi connectivity index (χ3n) is 4.71. The van der Waals surface area contributed by atoms with Gasteiger partial charge in [-0.1, -0.05) is 17.7 Å². The molecule has 3 rings (SSSR count). The fourth-order valence-corrected chi connectivity index (χ4v) is 4.77. The Kier molecular flexibility index (Phi) is 4.78. The second-order valence-electron chi connectivity index (χ2n) is 6.28. The Hall–Kier alpha value is -0.950. The Bertz CT molecular complexity index is 652. The molecular formula is C17H24O5S. The molecule has 0 amide bonds. The van der Waals surface area contributed by atoms with Crippen molar-refractivity contribution in [3.05, 3.63) is 29.3 Å². The maximum Gasteiger partial charge on any atom is 0.297 e. The third kappa shape index (κ3) is 3.45. The van der Waals surface area contributed by atoms with E-state index in [4.69, 9.17) is 13.7 Å². The third-order valence-corrected chi connectivity index (χ3v) is 6.16. The normalized spacial score (nSPS) is 21.8. The predicted molar refractivity (Wildman–Crippen MR) is 85.8 cm³/mol. The van der Waals surface area contributed by atoms with Gasteiger partial charge in [0.2, 0.25) is 0 Å². The van der Waals surface area contributed by atoms with E-state index >= 15 is 0 Å². The van der Waals surface area contributed by atoms with E-state index in [0.717, 1.165) is 36.8 Å². The molecule has 1 aliphatic heterocycles. The van der Waals surface area contributed by atoms with Gasteiger partial charge in [0.15, 0.2) is 5.79 Å². The highest BCUT2D eigenvalue weighted by Crippen LogP contribution is 2.44. The number of aryl methyl sites for hydroxylation is 1. The lowest BCUT2D eigenvalue weighted by molar-refractivity contribution is -0.178. The molecule has 1 saturated carbocycles. The quantitative estimate of drug-likeness (QED) is 0.788. The average molecular weight is 340 g/mol. The van der Waals surface area contributed by atoms with Crippen LogP contribution in [0.4, 0.5) is 0 Å². The van der Waals surface area contributed by atoms with E-state index in [-0.39, 0.29) is 12.5 Å². The van der Waals surface area contributed by atoms with E-state index < -0.39 is 15.9 Å². The minimum Gasteiger partial charge on any atom is -0.348 e. The van der Waals surface area contributed by atoms with Gasteiger partial charge in [-0.05, 0) is 44.2 Å². The standard InChI is InChI=1S/C17H24O5S/c1-3-22-23(18,19)16-5-4-13(2)12-15(16)14-6-8-17(9-7-14)20-10-11-21-17/h4-5,12,14H,3,6-11H2,1-2H3. The number of ether oxygens (including phenoxy) is 2. The van der Waals surface area contributed by atoms with Gasteiger partial charge in [-0.25, -0.2) is 0 Å². The first-order chi connectivity index (χ1) is 11.0.